The average molecular weight is 460 g/mol. The number of hydrogen-bond donors (Lipinski definition) is 0. The molecule has 0 aliphatic rings. The van der Waals surface area contributed by atoms with Crippen LogP contribution in [-0.4, -0.2) is 57.5 Å². The van der Waals surface area contributed by atoms with E-state index in [0.29, 0.717) is 16.1 Å². The van der Waals surface area contributed by atoms with Crippen molar-refractivity contribution in [3.63, 3.8) is 0 Å². The van der Waals surface area contributed by atoms with Crippen LogP contribution in [0.4, 0.5) is 5.13 Å². The monoisotopic (exact) mass is 459 g/mol. The number of amides is 1. The predicted molar refractivity (Wildman–Crippen MR) is 113 cm³/mol. The highest BCUT2D eigenvalue weighted by Crippen LogP contribution is 2.30. The molecule has 0 aliphatic carbocycles. The third kappa shape index (κ3) is 4.53. The standard InChI is InChI=1S/C17H18ClN3O4S3/c1-20(28(23,24)16-8-7-14(18)27-16)11-15(22)21(9-10-25-2)17-19-12-5-3-4-6-13(12)26-17/h3-8H,9-11H2,1-2H3. The predicted octanol–water partition coefficient (Wildman–Crippen LogP) is 3.31. The fourth-order valence-corrected chi connectivity index (χ4v) is 6.26. The molecule has 3 aromatic rings. The zero-order valence-electron chi connectivity index (χ0n) is 15.2. The van der Waals surface area contributed by atoms with Crippen molar-refractivity contribution in [1.29, 1.82) is 0 Å². The second-order valence-electron chi connectivity index (χ2n) is 5.82. The number of carbonyl (C=O) groups excluding carboxylic acids is 1. The van der Waals surface area contributed by atoms with Gasteiger partial charge in [0.1, 0.15) is 4.21 Å². The first-order chi connectivity index (χ1) is 13.3. The van der Waals surface area contributed by atoms with Crippen molar-refractivity contribution in [3.05, 3.63) is 40.7 Å². The van der Waals surface area contributed by atoms with Crippen LogP contribution >= 0.6 is 34.3 Å². The molecule has 28 heavy (non-hydrogen) atoms. The van der Waals surface area contributed by atoms with Gasteiger partial charge in [-0.05, 0) is 24.3 Å². The van der Waals surface area contributed by atoms with Crippen molar-refractivity contribution in [1.82, 2.24) is 9.29 Å². The van der Waals surface area contributed by atoms with E-state index in [1.165, 1.54) is 42.5 Å². The molecule has 0 saturated heterocycles. The number of fused-ring (bicyclic) bond motifs is 1. The maximum absolute atomic E-state index is 12.9. The number of ether oxygens (including phenoxy) is 1. The lowest BCUT2D eigenvalue weighted by atomic mass is 10.3. The van der Waals surface area contributed by atoms with Gasteiger partial charge < -0.3 is 4.74 Å². The van der Waals surface area contributed by atoms with Crippen LogP contribution in [0.1, 0.15) is 0 Å². The molecule has 150 valence electrons. The molecule has 0 radical (unpaired) electrons. The average Bonchev–Trinajstić information content (AvgIpc) is 3.28. The van der Waals surface area contributed by atoms with Gasteiger partial charge in [-0.1, -0.05) is 35.1 Å². The zero-order chi connectivity index (χ0) is 20.3. The number of hydrogen-bond acceptors (Lipinski definition) is 7. The molecule has 2 aromatic heterocycles. The van der Waals surface area contributed by atoms with E-state index < -0.39 is 10.0 Å². The maximum atomic E-state index is 12.9. The second kappa shape index (κ2) is 8.85. The van der Waals surface area contributed by atoms with E-state index in [4.69, 9.17) is 16.3 Å². The summed E-state index contributed by atoms with van der Waals surface area (Å²) in [7, 11) is -0.894. The van der Waals surface area contributed by atoms with Crippen LogP contribution in [0.25, 0.3) is 10.2 Å². The Morgan fingerprint density at radius 2 is 1.96 bits per heavy atom. The number of benzene rings is 1. The maximum Gasteiger partial charge on any atom is 0.252 e. The minimum Gasteiger partial charge on any atom is -0.383 e. The number of anilines is 1. The number of sulfonamides is 1. The lowest BCUT2D eigenvalue weighted by Gasteiger charge is -2.22. The van der Waals surface area contributed by atoms with Crippen LogP contribution in [-0.2, 0) is 19.6 Å². The number of halogens is 1. The molecule has 0 aliphatic heterocycles. The van der Waals surface area contributed by atoms with Crippen molar-refractivity contribution in [2.24, 2.45) is 0 Å². The summed E-state index contributed by atoms with van der Waals surface area (Å²) in [6.45, 7) is 0.254. The number of carbonyl (C=O) groups is 1. The van der Waals surface area contributed by atoms with E-state index in [1.807, 2.05) is 24.3 Å². The Hall–Kier alpha value is -1.56. The lowest BCUT2D eigenvalue weighted by Crippen LogP contribution is -2.42. The second-order valence-corrected chi connectivity index (χ2v) is 10.8. The molecule has 0 fully saturated rings. The number of rotatable bonds is 8. The lowest BCUT2D eigenvalue weighted by molar-refractivity contribution is -0.118. The van der Waals surface area contributed by atoms with Gasteiger partial charge in [-0.2, -0.15) is 4.31 Å². The molecule has 3 rings (SSSR count). The van der Waals surface area contributed by atoms with E-state index in [0.717, 1.165) is 25.9 Å². The topological polar surface area (TPSA) is 79.8 Å². The number of aromatic nitrogens is 1. The molecule has 0 bridgehead atoms. The molecule has 0 atom stereocenters. The highest BCUT2D eigenvalue weighted by atomic mass is 35.5. The molecular formula is C17H18ClN3O4S3. The van der Waals surface area contributed by atoms with Crippen molar-refractivity contribution in [2.45, 2.75) is 4.21 Å². The quantitative estimate of drug-likeness (QED) is 0.516. The molecule has 7 nitrogen and oxygen atoms in total. The summed E-state index contributed by atoms with van der Waals surface area (Å²) in [5.41, 5.74) is 0.784. The number of para-hydroxylation sites is 1. The molecule has 0 saturated carbocycles. The third-order valence-electron chi connectivity index (χ3n) is 3.90. The van der Waals surface area contributed by atoms with Crippen molar-refractivity contribution >= 4 is 65.6 Å². The molecule has 1 amide bonds. The van der Waals surface area contributed by atoms with Gasteiger partial charge in [-0.3, -0.25) is 9.69 Å². The molecule has 0 unspecified atom stereocenters. The number of thiophene rings is 1. The summed E-state index contributed by atoms with van der Waals surface area (Å²) >= 11 is 8.17. The summed E-state index contributed by atoms with van der Waals surface area (Å²) in [5, 5.41) is 0.508. The molecular weight excluding hydrogens is 442 g/mol. The highest BCUT2D eigenvalue weighted by Gasteiger charge is 2.28. The van der Waals surface area contributed by atoms with E-state index >= 15 is 0 Å². The summed E-state index contributed by atoms with van der Waals surface area (Å²) in [6, 6.07) is 10.5. The van der Waals surface area contributed by atoms with Crippen LogP contribution in [0.5, 0.6) is 0 Å². The summed E-state index contributed by atoms with van der Waals surface area (Å²) in [4.78, 5) is 18.9. The van der Waals surface area contributed by atoms with E-state index in [2.05, 4.69) is 4.98 Å². The van der Waals surface area contributed by atoms with E-state index in [1.54, 1.807) is 0 Å². The summed E-state index contributed by atoms with van der Waals surface area (Å²) in [6.07, 6.45) is 0. The van der Waals surface area contributed by atoms with Gasteiger partial charge >= 0.3 is 0 Å². The molecule has 1 aromatic carbocycles. The zero-order valence-corrected chi connectivity index (χ0v) is 18.4. The number of likely N-dealkylation sites (N-methyl/N-ethyl adjacent to an activating group) is 1. The Morgan fingerprint density at radius 3 is 2.61 bits per heavy atom. The summed E-state index contributed by atoms with van der Waals surface area (Å²) in [5.74, 6) is -0.384. The normalized spacial score (nSPS) is 12.0. The van der Waals surface area contributed by atoms with Crippen LogP contribution in [0, 0.1) is 0 Å². The van der Waals surface area contributed by atoms with Gasteiger partial charge in [-0.15, -0.1) is 11.3 Å². The van der Waals surface area contributed by atoms with Gasteiger partial charge in [0.25, 0.3) is 10.0 Å². The molecule has 0 spiro atoms. The Bertz CT molecular complexity index is 1050. The fraction of sp³-hybridized carbons (Fsp3) is 0.294. The molecule has 0 N–H and O–H groups in total. The van der Waals surface area contributed by atoms with Gasteiger partial charge in [0, 0.05) is 14.2 Å². The van der Waals surface area contributed by atoms with Crippen molar-refractivity contribution in [2.75, 3.05) is 38.8 Å². The molecule has 2 heterocycles. The van der Waals surface area contributed by atoms with Crippen LogP contribution in [0.15, 0.2) is 40.6 Å². The van der Waals surface area contributed by atoms with Gasteiger partial charge in [0.2, 0.25) is 5.91 Å². The first kappa shape index (κ1) is 21.2. The first-order valence-electron chi connectivity index (χ1n) is 8.19. The SMILES string of the molecule is COCCN(C(=O)CN(C)S(=O)(=O)c1ccc(Cl)s1)c1nc2ccccc2s1. The first-order valence-corrected chi connectivity index (χ1v) is 11.6. The number of nitrogens with zero attached hydrogens (tertiary/aromatic N) is 3. The van der Waals surface area contributed by atoms with E-state index in [-0.39, 0.29) is 23.2 Å². The molecule has 11 heteroatoms. The van der Waals surface area contributed by atoms with Crippen molar-refractivity contribution in [3.8, 4) is 0 Å². The number of methoxy groups -OCH3 is 1. The Morgan fingerprint density at radius 1 is 1.21 bits per heavy atom. The minimum atomic E-state index is -3.80. The minimum absolute atomic E-state index is 0.0937. The number of thiazole rings is 1. The summed E-state index contributed by atoms with van der Waals surface area (Å²) < 4.78 is 32.9. The van der Waals surface area contributed by atoms with E-state index in [9.17, 15) is 13.2 Å². The van der Waals surface area contributed by atoms with Crippen LogP contribution in [0.3, 0.4) is 0 Å². The largest absolute Gasteiger partial charge is 0.383 e. The van der Waals surface area contributed by atoms with Crippen LogP contribution < -0.4 is 4.90 Å². The van der Waals surface area contributed by atoms with Gasteiger partial charge in [-0.25, -0.2) is 13.4 Å². The van der Waals surface area contributed by atoms with Crippen molar-refractivity contribution < 1.29 is 17.9 Å². The van der Waals surface area contributed by atoms with Crippen LogP contribution in [0.2, 0.25) is 4.34 Å². The Labute approximate surface area is 176 Å². The smallest absolute Gasteiger partial charge is 0.252 e. The Balaban J connectivity index is 1.83. The highest BCUT2D eigenvalue weighted by molar-refractivity contribution is 7.91. The third-order valence-corrected chi connectivity index (χ3v) is 8.47. The van der Waals surface area contributed by atoms with Gasteiger partial charge in [0.05, 0.1) is 34.2 Å². The Kier molecular flexibility index (Phi) is 6.69. The van der Waals surface area contributed by atoms with Gasteiger partial charge in [0.15, 0.2) is 5.13 Å². The fourth-order valence-electron chi connectivity index (χ4n) is 2.44.